The largest absolute Gasteiger partial charge is 0.311 e. The molecule has 5 heteroatoms. The molecule has 0 radical (unpaired) electrons. The maximum atomic E-state index is 13.0. The zero-order chi connectivity index (χ0) is 9.42. The summed E-state index contributed by atoms with van der Waals surface area (Å²) in [5.74, 6) is -0.844. The van der Waals surface area contributed by atoms with E-state index in [0.717, 1.165) is 0 Å². The van der Waals surface area contributed by atoms with Gasteiger partial charge >= 0.3 is 6.08 Å². The lowest BCUT2D eigenvalue weighted by molar-refractivity contribution is 0.494. The van der Waals surface area contributed by atoms with Crippen LogP contribution in [-0.4, -0.2) is 9.97 Å². The second-order valence-electron chi connectivity index (χ2n) is 2.44. The first-order valence-electron chi connectivity index (χ1n) is 3.45. The van der Waals surface area contributed by atoms with Crippen molar-refractivity contribution in [2.45, 2.75) is 0 Å². The third kappa shape index (κ3) is 1.51. The van der Waals surface area contributed by atoms with E-state index in [2.05, 4.69) is 25.9 Å². The van der Waals surface area contributed by atoms with Gasteiger partial charge in [-0.25, -0.2) is 4.98 Å². The van der Waals surface area contributed by atoms with Gasteiger partial charge in [0.1, 0.15) is 0 Å². The molecule has 0 fully saturated rings. The standard InChI is InChI=1S/C8H3BrF2N2/c9-4-1-2-6-5(3-4)7(10)13-8(11)12-6/h1-3H. The second kappa shape index (κ2) is 2.99. The van der Waals surface area contributed by atoms with Gasteiger partial charge in [0.25, 0.3) is 0 Å². The third-order valence-electron chi connectivity index (χ3n) is 1.58. The number of nitrogens with zero attached hydrogens (tertiary/aromatic N) is 2. The summed E-state index contributed by atoms with van der Waals surface area (Å²) in [5, 5.41) is 0.204. The van der Waals surface area contributed by atoms with Crippen molar-refractivity contribution in [2.24, 2.45) is 0 Å². The molecule has 0 spiro atoms. The van der Waals surface area contributed by atoms with E-state index < -0.39 is 12.0 Å². The molecule has 1 aromatic heterocycles. The third-order valence-corrected chi connectivity index (χ3v) is 2.08. The molecule has 0 saturated heterocycles. The van der Waals surface area contributed by atoms with Crippen LogP contribution in [0, 0.1) is 12.0 Å². The second-order valence-corrected chi connectivity index (χ2v) is 3.36. The Kier molecular flexibility index (Phi) is 1.95. The summed E-state index contributed by atoms with van der Waals surface area (Å²) in [6, 6.07) is 4.69. The Morgan fingerprint density at radius 3 is 2.69 bits per heavy atom. The number of benzene rings is 1. The van der Waals surface area contributed by atoms with Crippen molar-refractivity contribution >= 4 is 26.8 Å². The van der Waals surface area contributed by atoms with Crippen molar-refractivity contribution in [1.82, 2.24) is 9.97 Å². The van der Waals surface area contributed by atoms with Crippen molar-refractivity contribution in [3.05, 3.63) is 34.7 Å². The lowest BCUT2D eigenvalue weighted by atomic mass is 10.2. The summed E-state index contributed by atoms with van der Waals surface area (Å²) in [5.41, 5.74) is 0.258. The van der Waals surface area contributed by atoms with Crippen LogP contribution in [0.3, 0.4) is 0 Å². The molecular weight excluding hydrogens is 242 g/mol. The molecule has 0 aliphatic carbocycles. The number of aromatic nitrogens is 2. The fourth-order valence-electron chi connectivity index (χ4n) is 1.04. The van der Waals surface area contributed by atoms with E-state index in [4.69, 9.17) is 0 Å². The Morgan fingerprint density at radius 1 is 1.15 bits per heavy atom. The van der Waals surface area contributed by atoms with Crippen LogP contribution in [0.25, 0.3) is 10.9 Å². The molecule has 0 saturated carbocycles. The number of halogens is 3. The van der Waals surface area contributed by atoms with Gasteiger partial charge in [-0.2, -0.15) is 13.8 Å². The first kappa shape index (κ1) is 8.50. The summed E-state index contributed by atoms with van der Waals surface area (Å²) < 4.78 is 26.2. The van der Waals surface area contributed by atoms with Gasteiger partial charge in [-0.1, -0.05) is 15.9 Å². The van der Waals surface area contributed by atoms with Gasteiger partial charge in [-0.3, -0.25) is 0 Å². The molecule has 13 heavy (non-hydrogen) atoms. The van der Waals surface area contributed by atoms with Crippen LogP contribution in [0.2, 0.25) is 0 Å². The van der Waals surface area contributed by atoms with Crippen molar-refractivity contribution in [3.8, 4) is 0 Å². The van der Waals surface area contributed by atoms with Crippen LogP contribution in [0.5, 0.6) is 0 Å². The highest BCUT2D eigenvalue weighted by molar-refractivity contribution is 9.10. The molecule has 1 heterocycles. The zero-order valence-corrected chi connectivity index (χ0v) is 7.85. The molecule has 2 nitrogen and oxygen atoms in total. The highest BCUT2D eigenvalue weighted by Crippen LogP contribution is 2.19. The Morgan fingerprint density at radius 2 is 1.92 bits per heavy atom. The van der Waals surface area contributed by atoms with E-state index in [9.17, 15) is 8.78 Å². The van der Waals surface area contributed by atoms with Crippen LogP contribution < -0.4 is 0 Å². The number of fused-ring (bicyclic) bond motifs is 1. The number of rotatable bonds is 0. The van der Waals surface area contributed by atoms with Gasteiger partial charge in [0.05, 0.1) is 10.9 Å². The van der Waals surface area contributed by atoms with E-state index >= 15 is 0 Å². The molecule has 0 aliphatic rings. The van der Waals surface area contributed by atoms with Crippen molar-refractivity contribution in [2.75, 3.05) is 0 Å². The SMILES string of the molecule is Fc1nc(F)c2cc(Br)ccc2n1. The summed E-state index contributed by atoms with van der Waals surface area (Å²) in [6.45, 7) is 0. The number of hydrogen-bond acceptors (Lipinski definition) is 2. The van der Waals surface area contributed by atoms with E-state index in [-0.39, 0.29) is 10.9 Å². The first-order chi connectivity index (χ1) is 6.16. The van der Waals surface area contributed by atoms with Gasteiger partial charge in [0.2, 0.25) is 5.95 Å². The molecule has 0 aliphatic heterocycles. The molecule has 1 aromatic carbocycles. The molecule has 0 atom stereocenters. The van der Waals surface area contributed by atoms with Crippen molar-refractivity contribution < 1.29 is 8.78 Å². The smallest absolute Gasteiger partial charge is 0.202 e. The summed E-state index contributed by atoms with van der Waals surface area (Å²) in [7, 11) is 0. The Labute approximate surface area is 80.8 Å². The van der Waals surface area contributed by atoms with Crippen LogP contribution >= 0.6 is 15.9 Å². The molecule has 2 rings (SSSR count). The Balaban J connectivity index is 2.87. The maximum Gasteiger partial charge on any atom is 0.311 e. The summed E-state index contributed by atoms with van der Waals surface area (Å²) in [6.07, 6.45) is -1.05. The van der Waals surface area contributed by atoms with Crippen LogP contribution in [0.15, 0.2) is 22.7 Å². The average Bonchev–Trinajstić information content (AvgIpc) is 2.06. The maximum absolute atomic E-state index is 13.0. The number of hydrogen-bond donors (Lipinski definition) is 0. The minimum absolute atomic E-state index is 0.204. The van der Waals surface area contributed by atoms with Gasteiger partial charge in [-0.05, 0) is 18.2 Å². The normalized spacial score (nSPS) is 10.7. The molecular formula is C8H3BrF2N2. The van der Waals surface area contributed by atoms with Crippen molar-refractivity contribution in [3.63, 3.8) is 0 Å². The molecule has 0 unspecified atom stereocenters. The predicted molar refractivity (Wildman–Crippen MR) is 47.2 cm³/mol. The zero-order valence-electron chi connectivity index (χ0n) is 6.26. The molecule has 66 valence electrons. The fourth-order valence-corrected chi connectivity index (χ4v) is 1.40. The molecule has 2 aromatic rings. The predicted octanol–water partition coefficient (Wildman–Crippen LogP) is 2.67. The average molecular weight is 245 g/mol. The van der Waals surface area contributed by atoms with E-state index in [0.29, 0.717) is 4.47 Å². The lowest BCUT2D eigenvalue weighted by Gasteiger charge is -1.98. The van der Waals surface area contributed by atoms with E-state index in [1.165, 1.54) is 12.1 Å². The van der Waals surface area contributed by atoms with Crippen LogP contribution in [-0.2, 0) is 0 Å². The van der Waals surface area contributed by atoms with Crippen LogP contribution in [0.1, 0.15) is 0 Å². The van der Waals surface area contributed by atoms with Gasteiger partial charge in [-0.15, -0.1) is 0 Å². The van der Waals surface area contributed by atoms with E-state index in [1.54, 1.807) is 6.07 Å². The quantitative estimate of drug-likeness (QED) is 0.526. The van der Waals surface area contributed by atoms with E-state index in [1.807, 2.05) is 0 Å². The van der Waals surface area contributed by atoms with Crippen molar-refractivity contribution in [1.29, 1.82) is 0 Å². The van der Waals surface area contributed by atoms with Gasteiger partial charge in [0, 0.05) is 4.47 Å². The summed E-state index contributed by atoms with van der Waals surface area (Å²) >= 11 is 3.17. The molecule has 0 amide bonds. The lowest BCUT2D eigenvalue weighted by Crippen LogP contribution is -1.94. The topological polar surface area (TPSA) is 25.8 Å². The highest BCUT2D eigenvalue weighted by atomic mass is 79.9. The summed E-state index contributed by atoms with van der Waals surface area (Å²) in [4.78, 5) is 6.42. The van der Waals surface area contributed by atoms with Gasteiger partial charge < -0.3 is 0 Å². The first-order valence-corrected chi connectivity index (χ1v) is 4.24. The Hall–Kier alpha value is -1.10. The fraction of sp³-hybridized carbons (Fsp3) is 0. The highest BCUT2D eigenvalue weighted by Gasteiger charge is 2.06. The Bertz CT molecular complexity index is 473. The molecule has 0 bridgehead atoms. The monoisotopic (exact) mass is 244 g/mol. The van der Waals surface area contributed by atoms with Crippen LogP contribution in [0.4, 0.5) is 8.78 Å². The minimum atomic E-state index is -1.05. The minimum Gasteiger partial charge on any atom is -0.202 e. The molecule has 0 N–H and O–H groups in total. The van der Waals surface area contributed by atoms with Gasteiger partial charge in [0.15, 0.2) is 0 Å².